The highest BCUT2D eigenvalue weighted by molar-refractivity contribution is 5.97. The van der Waals surface area contributed by atoms with E-state index in [0.717, 1.165) is 19.1 Å². The number of hydrogen-bond donors (Lipinski definition) is 3. The van der Waals surface area contributed by atoms with E-state index in [2.05, 4.69) is 0 Å². The Labute approximate surface area is 119 Å². The molecular formula is C13H15F3N2O3. The van der Waals surface area contributed by atoms with Gasteiger partial charge in [0.25, 0.3) is 5.91 Å². The highest BCUT2D eigenvalue weighted by Crippen LogP contribution is 2.33. The molecule has 1 atom stereocenters. The first kappa shape index (κ1) is 18.9. The number of amides is 1. The quantitative estimate of drug-likeness (QED) is 0.795. The zero-order valence-corrected chi connectivity index (χ0v) is 10.3. The van der Waals surface area contributed by atoms with Gasteiger partial charge in [0.05, 0.1) is 23.8 Å². The van der Waals surface area contributed by atoms with E-state index in [-0.39, 0.29) is 13.1 Å². The number of aliphatic hydroxyl groups is 2. The zero-order chi connectivity index (χ0) is 15.6. The summed E-state index contributed by atoms with van der Waals surface area (Å²) in [6, 6.07) is 3.99. The summed E-state index contributed by atoms with van der Waals surface area (Å²) >= 11 is 0. The van der Waals surface area contributed by atoms with Crippen molar-refractivity contribution in [2.75, 3.05) is 11.9 Å². The second kappa shape index (κ2) is 6.56. The molecule has 0 saturated carbocycles. The largest absolute Gasteiger partial charge is 0.417 e. The van der Waals surface area contributed by atoms with E-state index in [1.807, 2.05) is 5.32 Å². The molecule has 1 rings (SSSR count). The maximum absolute atomic E-state index is 12.7. The van der Waals surface area contributed by atoms with Crippen molar-refractivity contribution in [2.24, 2.45) is 0 Å². The van der Waals surface area contributed by atoms with E-state index in [1.54, 1.807) is 0 Å². The number of benzene rings is 1. The predicted octanol–water partition coefficient (Wildman–Crippen LogP) is 1.89. The summed E-state index contributed by atoms with van der Waals surface area (Å²) < 4.78 is 38.1. The number of nitriles is 1. The Balaban J connectivity index is 0.00000400. The lowest BCUT2D eigenvalue weighted by atomic mass is 10.1. The molecule has 21 heavy (non-hydrogen) atoms. The van der Waals surface area contributed by atoms with Crippen LogP contribution in [-0.2, 0) is 11.0 Å². The fourth-order valence-corrected chi connectivity index (χ4v) is 1.29. The molecular weight excluding hydrogens is 289 g/mol. The fourth-order valence-electron chi connectivity index (χ4n) is 1.29. The van der Waals surface area contributed by atoms with Crippen molar-refractivity contribution in [1.82, 2.24) is 0 Å². The normalized spacial score (nSPS) is 13.6. The van der Waals surface area contributed by atoms with Gasteiger partial charge in [-0.1, -0.05) is 7.43 Å². The number of halogens is 3. The van der Waals surface area contributed by atoms with Crippen molar-refractivity contribution < 1.29 is 28.2 Å². The summed E-state index contributed by atoms with van der Waals surface area (Å²) in [4.78, 5) is 11.5. The lowest BCUT2D eigenvalue weighted by Gasteiger charge is -2.20. The van der Waals surface area contributed by atoms with Gasteiger partial charge >= 0.3 is 6.18 Å². The highest BCUT2D eigenvalue weighted by atomic mass is 19.4. The third-order valence-electron chi connectivity index (χ3n) is 2.50. The van der Waals surface area contributed by atoms with Gasteiger partial charge < -0.3 is 15.5 Å². The predicted molar refractivity (Wildman–Crippen MR) is 69.2 cm³/mol. The molecule has 0 heterocycles. The third kappa shape index (κ3) is 4.44. The Morgan fingerprint density at radius 1 is 1.43 bits per heavy atom. The zero-order valence-electron chi connectivity index (χ0n) is 10.3. The van der Waals surface area contributed by atoms with Crippen molar-refractivity contribution in [1.29, 1.82) is 5.26 Å². The van der Waals surface area contributed by atoms with Gasteiger partial charge in [-0.05, 0) is 25.1 Å². The fraction of sp³-hybridized carbons (Fsp3) is 0.385. The first-order chi connectivity index (χ1) is 9.11. The van der Waals surface area contributed by atoms with E-state index >= 15 is 0 Å². The molecule has 0 bridgehead atoms. The number of nitrogens with zero attached hydrogens (tertiary/aromatic N) is 1. The number of anilines is 1. The van der Waals surface area contributed by atoms with Crippen LogP contribution in [-0.4, -0.2) is 28.3 Å². The molecule has 5 nitrogen and oxygen atoms in total. The second-order valence-corrected chi connectivity index (χ2v) is 4.26. The Kier molecular flexibility index (Phi) is 5.90. The van der Waals surface area contributed by atoms with Crippen LogP contribution in [0.25, 0.3) is 0 Å². The van der Waals surface area contributed by atoms with Gasteiger partial charge in [0.15, 0.2) is 5.60 Å². The molecule has 1 amide bonds. The van der Waals surface area contributed by atoms with Crippen LogP contribution in [0.5, 0.6) is 0 Å². The summed E-state index contributed by atoms with van der Waals surface area (Å²) in [5, 5.41) is 28.9. The molecule has 0 fully saturated rings. The summed E-state index contributed by atoms with van der Waals surface area (Å²) in [7, 11) is 0. The molecule has 0 aliphatic rings. The first-order valence-corrected chi connectivity index (χ1v) is 5.38. The number of carbonyl (C=O) groups excluding carboxylic acids is 1. The van der Waals surface area contributed by atoms with Crippen LogP contribution in [0.15, 0.2) is 18.2 Å². The smallest absolute Gasteiger partial charge is 0.393 e. The molecule has 3 N–H and O–H groups in total. The second-order valence-electron chi connectivity index (χ2n) is 4.26. The molecule has 0 aliphatic carbocycles. The first-order valence-electron chi connectivity index (χ1n) is 5.38. The van der Waals surface area contributed by atoms with Crippen LogP contribution in [0.3, 0.4) is 0 Å². The molecule has 0 saturated heterocycles. The SMILES string of the molecule is C.CC(O)(CO)C(=O)Nc1ccc(C#N)c(C(F)(F)F)c1. The Morgan fingerprint density at radius 3 is 2.43 bits per heavy atom. The lowest BCUT2D eigenvalue weighted by Crippen LogP contribution is -2.43. The standard InChI is InChI=1S/C12H11F3N2O3.CH4/c1-11(20,6-18)10(19)17-8-3-2-7(5-16)9(4-8)12(13,14)15;/h2-4,18,20H,6H2,1H3,(H,17,19);1H4. The van der Waals surface area contributed by atoms with Crippen LogP contribution < -0.4 is 5.32 Å². The van der Waals surface area contributed by atoms with Crippen LogP contribution in [0.4, 0.5) is 18.9 Å². The number of alkyl halides is 3. The van der Waals surface area contributed by atoms with Crippen LogP contribution in [0.2, 0.25) is 0 Å². The topological polar surface area (TPSA) is 93.3 Å². The highest BCUT2D eigenvalue weighted by Gasteiger charge is 2.35. The van der Waals surface area contributed by atoms with E-state index in [9.17, 15) is 23.1 Å². The maximum atomic E-state index is 12.7. The van der Waals surface area contributed by atoms with Crippen LogP contribution >= 0.6 is 0 Å². The van der Waals surface area contributed by atoms with Crippen molar-refractivity contribution in [2.45, 2.75) is 26.1 Å². The average molecular weight is 304 g/mol. The molecule has 0 aliphatic heterocycles. The van der Waals surface area contributed by atoms with E-state index < -0.39 is 35.4 Å². The van der Waals surface area contributed by atoms with Gasteiger partial charge in [0, 0.05) is 5.69 Å². The minimum Gasteiger partial charge on any atom is -0.393 e. The Morgan fingerprint density at radius 2 is 2.00 bits per heavy atom. The number of hydrogen-bond acceptors (Lipinski definition) is 4. The van der Waals surface area contributed by atoms with Crippen molar-refractivity contribution in [3.05, 3.63) is 29.3 Å². The van der Waals surface area contributed by atoms with Crippen molar-refractivity contribution >= 4 is 11.6 Å². The number of carbonyl (C=O) groups is 1. The Bertz CT molecular complexity index is 563. The summed E-state index contributed by atoms with van der Waals surface area (Å²) in [6.45, 7) is 0.123. The number of nitrogens with one attached hydrogen (secondary N) is 1. The van der Waals surface area contributed by atoms with Crippen molar-refractivity contribution in [3.8, 4) is 6.07 Å². The monoisotopic (exact) mass is 304 g/mol. The van der Waals surface area contributed by atoms with E-state index in [1.165, 1.54) is 6.07 Å². The maximum Gasteiger partial charge on any atom is 0.417 e. The summed E-state index contributed by atoms with van der Waals surface area (Å²) in [6.07, 6.45) is -4.74. The minimum absolute atomic E-state index is 0. The average Bonchev–Trinajstić information content (AvgIpc) is 2.37. The molecule has 8 heteroatoms. The van der Waals surface area contributed by atoms with E-state index in [4.69, 9.17) is 10.4 Å². The molecule has 1 aromatic rings. The van der Waals surface area contributed by atoms with Gasteiger partial charge in [-0.3, -0.25) is 4.79 Å². The molecule has 0 spiro atoms. The summed E-state index contributed by atoms with van der Waals surface area (Å²) in [5.74, 6) is -1.06. The minimum atomic E-state index is -4.74. The number of aliphatic hydroxyl groups excluding tert-OH is 1. The van der Waals surface area contributed by atoms with Crippen LogP contribution in [0, 0.1) is 11.3 Å². The molecule has 1 aromatic carbocycles. The lowest BCUT2D eigenvalue weighted by molar-refractivity contribution is -0.138. The van der Waals surface area contributed by atoms with Gasteiger partial charge in [-0.15, -0.1) is 0 Å². The third-order valence-corrected chi connectivity index (χ3v) is 2.50. The Hall–Kier alpha value is -2.11. The summed E-state index contributed by atoms with van der Waals surface area (Å²) in [5.41, 5.74) is -4.13. The molecule has 116 valence electrons. The molecule has 0 radical (unpaired) electrons. The van der Waals surface area contributed by atoms with E-state index in [0.29, 0.717) is 6.07 Å². The molecule has 1 unspecified atom stereocenters. The van der Waals surface area contributed by atoms with Gasteiger partial charge in [0.1, 0.15) is 0 Å². The van der Waals surface area contributed by atoms with Gasteiger partial charge in [0.2, 0.25) is 0 Å². The molecule has 0 aromatic heterocycles. The van der Waals surface area contributed by atoms with Gasteiger partial charge in [-0.25, -0.2) is 0 Å². The van der Waals surface area contributed by atoms with Gasteiger partial charge in [-0.2, -0.15) is 18.4 Å². The van der Waals surface area contributed by atoms with Crippen molar-refractivity contribution in [3.63, 3.8) is 0 Å². The van der Waals surface area contributed by atoms with Crippen LogP contribution in [0.1, 0.15) is 25.5 Å². The number of rotatable bonds is 3.